The zero-order valence-corrected chi connectivity index (χ0v) is 11.9. The van der Waals surface area contributed by atoms with Gasteiger partial charge in [-0.05, 0) is 37.8 Å². The third kappa shape index (κ3) is 3.11. The Morgan fingerprint density at radius 2 is 2.24 bits per heavy atom. The highest BCUT2D eigenvalue weighted by Gasteiger charge is 2.28. The molecule has 1 saturated carbocycles. The van der Waals surface area contributed by atoms with Crippen LogP contribution in [-0.4, -0.2) is 28.6 Å². The second kappa shape index (κ2) is 5.65. The normalized spacial score (nSPS) is 15.7. The second-order valence-electron chi connectivity index (χ2n) is 5.40. The number of aryl methyl sites for hydroxylation is 1. The Balaban J connectivity index is 1.76. The van der Waals surface area contributed by atoms with Gasteiger partial charge in [-0.25, -0.2) is 0 Å². The molecular formula is C15H18N4O2. The fourth-order valence-electron chi connectivity index (χ4n) is 2.27. The van der Waals surface area contributed by atoms with E-state index in [4.69, 9.17) is 10.3 Å². The number of nitrogens with zero attached hydrogens (tertiary/aromatic N) is 2. The topological polar surface area (TPSA) is 94.0 Å². The Bertz CT molecular complexity index is 649. The molecule has 0 radical (unpaired) electrons. The molecule has 0 aliphatic heterocycles. The first-order chi connectivity index (χ1) is 10.1. The second-order valence-corrected chi connectivity index (χ2v) is 5.40. The molecule has 6 heteroatoms. The molecular weight excluding hydrogens is 268 g/mol. The number of benzene rings is 1. The van der Waals surface area contributed by atoms with Gasteiger partial charge in [0.05, 0.1) is 11.1 Å². The average Bonchev–Trinajstić information content (AvgIpc) is 3.26. The van der Waals surface area contributed by atoms with Crippen LogP contribution in [0.4, 0.5) is 0 Å². The highest BCUT2D eigenvalue weighted by Crippen LogP contribution is 2.31. The van der Waals surface area contributed by atoms with E-state index in [9.17, 15) is 4.79 Å². The number of aromatic nitrogens is 2. The molecule has 1 aromatic carbocycles. The van der Waals surface area contributed by atoms with Crippen LogP contribution in [0, 0.1) is 12.8 Å². The third-order valence-electron chi connectivity index (χ3n) is 3.66. The van der Waals surface area contributed by atoms with Gasteiger partial charge >= 0.3 is 0 Å². The van der Waals surface area contributed by atoms with Crippen molar-refractivity contribution >= 4 is 5.91 Å². The van der Waals surface area contributed by atoms with Gasteiger partial charge in [-0.1, -0.05) is 17.3 Å². The maximum Gasteiger partial charge on any atom is 0.258 e. The Morgan fingerprint density at radius 1 is 1.48 bits per heavy atom. The first-order valence-corrected chi connectivity index (χ1v) is 7.08. The number of carbonyl (C=O) groups excluding carboxylic acids is 1. The predicted octanol–water partition coefficient (Wildman–Crippen LogP) is 1.51. The SMILES string of the molecule is Cc1noc(-c2ccccc2C(=O)NCC(N)C2CC2)n1. The lowest BCUT2D eigenvalue weighted by Gasteiger charge is -2.12. The van der Waals surface area contributed by atoms with Crippen molar-refractivity contribution in [2.24, 2.45) is 11.7 Å². The number of carbonyl (C=O) groups is 1. The minimum atomic E-state index is -0.169. The van der Waals surface area contributed by atoms with E-state index in [-0.39, 0.29) is 11.9 Å². The van der Waals surface area contributed by atoms with Crippen molar-refractivity contribution in [1.82, 2.24) is 15.5 Å². The molecule has 1 aliphatic rings. The van der Waals surface area contributed by atoms with Crippen LogP contribution < -0.4 is 11.1 Å². The zero-order valence-electron chi connectivity index (χ0n) is 11.9. The smallest absolute Gasteiger partial charge is 0.258 e. The van der Waals surface area contributed by atoms with E-state index in [1.807, 2.05) is 12.1 Å². The molecule has 0 spiro atoms. The van der Waals surface area contributed by atoms with Crippen LogP contribution in [0.15, 0.2) is 28.8 Å². The number of nitrogens with one attached hydrogen (secondary N) is 1. The predicted molar refractivity (Wildman–Crippen MR) is 77.5 cm³/mol. The summed E-state index contributed by atoms with van der Waals surface area (Å²) in [6, 6.07) is 7.21. The largest absolute Gasteiger partial charge is 0.350 e. The standard InChI is InChI=1S/C15H18N4O2/c1-9-18-15(21-19-9)12-5-3-2-4-11(12)14(20)17-8-13(16)10-6-7-10/h2-5,10,13H,6-8,16H2,1H3,(H,17,20). The Morgan fingerprint density at radius 3 is 2.90 bits per heavy atom. The van der Waals surface area contributed by atoms with Gasteiger partial charge in [0.25, 0.3) is 11.8 Å². The first kappa shape index (κ1) is 13.8. The summed E-state index contributed by atoms with van der Waals surface area (Å²) in [5.74, 6) is 1.28. The van der Waals surface area contributed by atoms with Crippen molar-refractivity contribution in [2.45, 2.75) is 25.8 Å². The number of amides is 1. The maximum absolute atomic E-state index is 12.3. The van der Waals surface area contributed by atoms with E-state index in [1.165, 1.54) is 0 Å². The summed E-state index contributed by atoms with van der Waals surface area (Å²) in [6.07, 6.45) is 2.32. The van der Waals surface area contributed by atoms with Crippen LogP contribution in [0.3, 0.4) is 0 Å². The number of nitrogens with two attached hydrogens (primary N) is 1. The molecule has 1 aromatic heterocycles. The van der Waals surface area contributed by atoms with E-state index in [0.717, 1.165) is 12.8 Å². The maximum atomic E-state index is 12.3. The summed E-state index contributed by atoms with van der Waals surface area (Å²) in [6.45, 7) is 2.23. The lowest BCUT2D eigenvalue weighted by molar-refractivity contribution is 0.0950. The van der Waals surface area contributed by atoms with Gasteiger partial charge < -0.3 is 15.6 Å². The van der Waals surface area contributed by atoms with Crippen LogP contribution in [0.2, 0.25) is 0 Å². The number of rotatable bonds is 5. The molecule has 1 aliphatic carbocycles. The highest BCUT2D eigenvalue weighted by atomic mass is 16.5. The summed E-state index contributed by atoms with van der Waals surface area (Å²) < 4.78 is 5.15. The molecule has 1 amide bonds. The Hall–Kier alpha value is -2.21. The molecule has 1 unspecified atom stereocenters. The summed E-state index contributed by atoms with van der Waals surface area (Å²) in [5.41, 5.74) is 7.15. The van der Waals surface area contributed by atoms with E-state index in [2.05, 4.69) is 15.5 Å². The van der Waals surface area contributed by atoms with Crippen LogP contribution in [-0.2, 0) is 0 Å². The molecule has 0 saturated heterocycles. The Kier molecular flexibility index (Phi) is 3.70. The zero-order chi connectivity index (χ0) is 14.8. The van der Waals surface area contributed by atoms with Gasteiger partial charge in [0, 0.05) is 12.6 Å². The molecule has 110 valence electrons. The van der Waals surface area contributed by atoms with Gasteiger partial charge in [0.2, 0.25) is 0 Å². The fraction of sp³-hybridized carbons (Fsp3) is 0.400. The third-order valence-corrected chi connectivity index (χ3v) is 3.66. The summed E-state index contributed by atoms with van der Waals surface area (Å²) in [7, 11) is 0. The summed E-state index contributed by atoms with van der Waals surface area (Å²) in [4.78, 5) is 16.5. The first-order valence-electron chi connectivity index (χ1n) is 7.08. The average molecular weight is 286 g/mol. The van der Waals surface area contributed by atoms with Gasteiger partial charge in [-0.15, -0.1) is 0 Å². The lowest BCUT2D eigenvalue weighted by Crippen LogP contribution is -2.38. The van der Waals surface area contributed by atoms with Gasteiger partial charge in [-0.3, -0.25) is 4.79 Å². The molecule has 1 atom stereocenters. The van der Waals surface area contributed by atoms with Crippen molar-refractivity contribution < 1.29 is 9.32 Å². The van der Waals surface area contributed by atoms with Crippen LogP contribution in [0.25, 0.3) is 11.5 Å². The Labute approximate surface area is 122 Å². The fourth-order valence-corrected chi connectivity index (χ4v) is 2.27. The van der Waals surface area contributed by atoms with Gasteiger partial charge in [0.15, 0.2) is 5.82 Å². The molecule has 3 rings (SSSR count). The molecule has 0 bridgehead atoms. The van der Waals surface area contributed by atoms with Crippen LogP contribution in [0.1, 0.15) is 29.0 Å². The van der Waals surface area contributed by atoms with Crippen molar-refractivity contribution in [3.63, 3.8) is 0 Å². The highest BCUT2D eigenvalue weighted by molar-refractivity contribution is 5.99. The number of hydrogen-bond donors (Lipinski definition) is 2. The van der Waals surface area contributed by atoms with Gasteiger partial charge in [-0.2, -0.15) is 4.98 Å². The molecule has 3 N–H and O–H groups in total. The molecule has 1 heterocycles. The van der Waals surface area contributed by atoms with Crippen molar-refractivity contribution in [3.05, 3.63) is 35.7 Å². The van der Waals surface area contributed by atoms with E-state index in [1.54, 1.807) is 19.1 Å². The minimum Gasteiger partial charge on any atom is -0.350 e. The number of hydrogen-bond acceptors (Lipinski definition) is 5. The van der Waals surface area contributed by atoms with Crippen molar-refractivity contribution in [3.8, 4) is 11.5 Å². The quantitative estimate of drug-likeness (QED) is 0.869. The molecule has 21 heavy (non-hydrogen) atoms. The summed E-state index contributed by atoms with van der Waals surface area (Å²) in [5, 5.41) is 6.64. The minimum absolute atomic E-state index is 0.0340. The monoisotopic (exact) mass is 286 g/mol. The molecule has 2 aromatic rings. The van der Waals surface area contributed by atoms with E-state index < -0.39 is 0 Å². The van der Waals surface area contributed by atoms with Gasteiger partial charge in [0.1, 0.15) is 0 Å². The van der Waals surface area contributed by atoms with Crippen molar-refractivity contribution in [2.75, 3.05) is 6.54 Å². The van der Waals surface area contributed by atoms with E-state index >= 15 is 0 Å². The molecule has 1 fully saturated rings. The molecule has 6 nitrogen and oxygen atoms in total. The van der Waals surface area contributed by atoms with E-state index in [0.29, 0.717) is 35.3 Å². The van der Waals surface area contributed by atoms with Crippen LogP contribution >= 0.6 is 0 Å². The van der Waals surface area contributed by atoms with Crippen LogP contribution in [0.5, 0.6) is 0 Å². The van der Waals surface area contributed by atoms with Crippen molar-refractivity contribution in [1.29, 1.82) is 0 Å². The summed E-state index contributed by atoms with van der Waals surface area (Å²) >= 11 is 0. The lowest BCUT2D eigenvalue weighted by atomic mass is 10.1.